The number of nitrogens with zero attached hydrogens (tertiary/aromatic N) is 1. The first-order chi connectivity index (χ1) is 7.67. The number of Topliss-reactive ketones (excluding diaryl/α,β-unsaturated/α-hetero) is 1. The van der Waals surface area contributed by atoms with Crippen molar-refractivity contribution in [2.45, 2.75) is 0 Å². The number of benzene rings is 1. The SMILES string of the molecule is COc1cc(C#N)c(C(=O)CBr)c(C=O)c1. The molecule has 1 aromatic carbocycles. The van der Waals surface area contributed by atoms with Crippen molar-refractivity contribution >= 4 is 28.0 Å². The molecule has 0 aliphatic carbocycles. The van der Waals surface area contributed by atoms with E-state index in [9.17, 15) is 9.59 Å². The van der Waals surface area contributed by atoms with Crippen LogP contribution in [0.4, 0.5) is 0 Å². The van der Waals surface area contributed by atoms with E-state index in [1.54, 1.807) is 0 Å². The third-order valence-electron chi connectivity index (χ3n) is 2.03. The highest BCUT2D eigenvalue weighted by molar-refractivity contribution is 9.09. The molecule has 0 aliphatic rings. The van der Waals surface area contributed by atoms with Gasteiger partial charge >= 0.3 is 0 Å². The van der Waals surface area contributed by atoms with Gasteiger partial charge in [0.15, 0.2) is 12.1 Å². The lowest BCUT2D eigenvalue weighted by molar-refractivity contribution is 0.101. The maximum absolute atomic E-state index is 11.6. The summed E-state index contributed by atoms with van der Waals surface area (Å²) in [7, 11) is 1.43. The minimum absolute atomic E-state index is 0.0643. The molecular weight excluding hydrogens is 274 g/mol. The van der Waals surface area contributed by atoms with E-state index < -0.39 is 0 Å². The molecule has 0 aromatic heterocycles. The Bertz CT molecular complexity index is 477. The Morgan fingerprint density at radius 1 is 1.62 bits per heavy atom. The quantitative estimate of drug-likeness (QED) is 0.481. The molecule has 0 fully saturated rings. The fourth-order valence-electron chi connectivity index (χ4n) is 1.31. The van der Waals surface area contributed by atoms with Crippen molar-refractivity contribution in [3.8, 4) is 11.8 Å². The number of carbonyl (C=O) groups excluding carboxylic acids is 2. The lowest BCUT2D eigenvalue weighted by Crippen LogP contribution is -2.08. The number of nitriles is 1. The molecule has 82 valence electrons. The molecular formula is C11H8BrNO3. The summed E-state index contributed by atoms with van der Waals surface area (Å²) in [6, 6.07) is 4.75. The third kappa shape index (κ3) is 2.28. The van der Waals surface area contributed by atoms with Crippen LogP contribution in [0.5, 0.6) is 5.75 Å². The van der Waals surface area contributed by atoms with Crippen LogP contribution < -0.4 is 4.74 Å². The molecule has 0 atom stereocenters. The summed E-state index contributed by atoms with van der Waals surface area (Å²) in [5.41, 5.74) is 0.446. The molecule has 1 aromatic rings. The molecule has 16 heavy (non-hydrogen) atoms. The van der Waals surface area contributed by atoms with Crippen LogP contribution in [0.15, 0.2) is 12.1 Å². The van der Waals surface area contributed by atoms with Crippen molar-refractivity contribution in [3.05, 3.63) is 28.8 Å². The van der Waals surface area contributed by atoms with Gasteiger partial charge in [0.25, 0.3) is 0 Å². The van der Waals surface area contributed by atoms with Crippen molar-refractivity contribution in [2.75, 3.05) is 12.4 Å². The van der Waals surface area contributed by atoms with Crippen molar-refractivity contribution < 1.29 is 14.3 Å². The average molecular weight is 282 g/mol. The highest BCUT2D eigenvalue weighted by Crippen LogP contribution is 2.22. The predicted molar refractivity (Wildman–Crippen MR) is 61.2 cm³/mol. The van der Waals surface area contributed by atoms with Gasteiger partial charge in [-0.25, -0.2) is 0 Å². The largest absolute Gasteiger partial charge is 0.497 e. The van der Waals surface area contributed by atoms with E-state index in [4.69, 9.17) is 10.00 Å². The van der Waals surface area contributed by atoms with Crippen LogP contribution in [0.1, 0.15) is 26.3 Å². The molecule has 0 saturated heterocycles. The molecule has 5 heteroatoms. The minimum atomic E-state index is -0.304. The molecule has 1 rings (SSSR count). The van der Waals surface area contributed by atoms with Gasteiger partial charge in [0.2, 0.25) is 0 Å². The Balaban J connectivity index is 3.51. The van der Waals surface area contributed by atoms with Crippen LogP contribution >= 0.6 is 15.9 Å². The van der Waals surface area contributed by atoms with Gasteiger partial charge in [0.1, 0.15) is 11.8 Å². The van der Waals surface area contributed by atoms with Crippen molar-refractivity contribution in [1.82, 2.24) is 0 Å². The molecule has 0 aliphatic heterocycles. The van der Waals surface area contributed by atoms with Gasteiger partial charge in [-0.2, -0.15) is 5.26 Å². The number of hydrogen-bond acceptors (Lipinski definition) is 4. The van der Waals surface area contributed by atoms with Gasteiger partial charge in [-0.1, -0.05) is 15.9 Å². The van der Waals surface area contributed by atoms with Gasteiger partial charge in [0.05, 0.1) is 18.0 Å². The first kappa shape index (κ1) is 12.4. The number of ketones is 1. The van der Waals surface area contributed by atoms with E-state index in [0.717, 1.165) is 0 Å². The summed E-state index contributed by atoms with van der Waals surface area (Å²) in [5, 5.41) is 8.98. The highest BCUT2D eigenvalue weighted by Gasteiger charge is 2.17. The maximum Gasteiger partial charge on any atom is 0.175 e. The van der Waals surface area contributed by atoms with Gasteiger partial charge in [0, 0.05) is 11.1 Å². The number of rotatable bonds is 4. The molecule has 0 bridgehead atoms. The molecule has 0 radical (unpaired) electrons. The monoisotopic (exact) mass is 281 g/mol. The van der Waals surface area contributed by atoms with E-state index in [2.05, 4.69) is 15.9 Å². The number of methoxy groups -OCH3 is 1. The Labute approximate surface area is 101 Å². The standard InChI is InChI=1S/C11H8BrNO3/c1-16-9-2-7(5-13)11(10(15)4-12)8(3-9)6-14/h2-3,6H,4H2,1H3. The fourth-order valence-corrected chi connectivity index (χ4v) is 1.59. The zero-order valence-corrected chi connectivity index (χ0v) is 10.1. The van der Waals surface area contributed by atoms with Gasteiger partial charge < -0.3 is 4.74 Å². The maximum atomic E-state index is 11.6. The second kappa shape index (κ2) is 5.42. The Hall–Kier alpha value is -1.67. The first-order valence-electron chi connectivity index (χ1n) is 4.34. The highest BCUT2D eigenvalue weighted by atomic mass is 79.9. The minimum Gasteiger partial charge on any atom is -0.497 e. The van der Waals surface area contributed by atoms with Gasteiger partial charge in [-0.05, 0) is 12.1 Å². The summed E-state index contributed by atoms with van der Waals surface area (Å²) in [6.45, 7) is 0. The van der Waals surface area contributed by atoms with Crippen LogP contribution in [0, 0.1) is 11.3 Å². The zero-order chi connectivity index (χ0) is 12.1. The number of carbonyl (C=O) groups is 2. The van der Waals surface area contributed by atoms with Crippen molar-refractivity contribution in [2.24, 2.45) is 0 Å². The summed E-state index contributed by atoms with van der Waals surface area (Å²) < 4.78 is 4.93. The van der Waals surface area contributed by atoms with E-state index in [1.807, 2.05) is 6.07 Å². The average Bonchev–Trinajstić information content (AvgIpc) is 2.35. The first-order valence-corrected chi connectivity index (χ1v) is 5.46. The number of ether oxygens (including phenoxy) is 1. The van der Waals surface area contributed by atoms with Crippen molar-refractivity contribution in [1.29, 1.82) is 5.26 Å². The smallest absolute Gasteiger partial charge is 0.175 e. The van der Waals surface area contributed by atoms with Crippen LogP contribution in [-0.4, -0.2) is 24.5 Å². The lowest BCUT2D eigenvalue weighted by atomic mass is 9.99. The van der Waals surface area contributed by atoms with E-state index in [-0.39, 0.29) is 27.8 Å². The fraction of sp³-hybridized carbons (Fsp3) is 0.182. The topological polar surface area (TPSA) is 67.2 Å². The normalized spacial score (nSPS) is 9.31. The van der Waals surface area contributed by atoms with Crippen LogP contribution in [0.25, 0.3) is 0 Å². The number of halogens is 1. The Morgan fingerprint density at radius 2 is 2.31 bits per heavy atom. The van der Waals surface area contributed by atoms with Crippen LogP contribution in [0.2, 0.25) is 0 Å². The van der Waals surface area contributed by atoms with Gasteiger partial charge in [-0.3, -0.25) is 9.59 Å². The summed E-state index contributed by atoms with van der Waals surface area (Å²) >= 11 is 3.01. The molecule has 0 unspecified atom stereocenters. The second-order valence-corrected chi connectivity index (χ2v) is 3.49. The number of hydrogen-bond donors (Lipinski definition) is 0. The Kier molecular flexibility index (Phi) is 4.20. The lowest BCUT2D eigenvalue weighted by Gasteiger charge is -2.07. The Morgan fingerprint density at radius 3 is 2.75 bits per heavy atom. The second-order valence-electron chi connectivity index (χ2n) is 2.93. The van der Waals surface area contributed by atoms with E-state index in [0.29, 0.717) is 12.0 Å². The van der Waals surface area contributed by atoms with E-state index >= 15 is 0 Å². The molecule has 0 amide bonds. The van der Waals surface area contributed by atoms with Crippen LogP contribution in [-0.2, 0) is 0 Å². The zero-order valence-electron chi connectivity index (χ0n) is 8.49. The number of aldehydes is 1. The molecule has 0 N–H and O–H groups in total. The molecule has 0 saturated carbocycles. The molecule has 0 spiro atoms. The number of alkyl halides is 1. The summed E-state index contributed by atoms with van der Waals surface area (Å²) in [5.74, 6) is 0.0751. The van der Waals surface area contributed by atoms with E-state index in [1.165, 1.54) is 19.2 Å². The van der Waals surface area contributed by atoms with Crippen LogP contribution in [0.3, 0.4) is 0 Å². The van der Waals surface area contributed by atoms with Gasteiger partial charge in [-0.15, -0.1) is 0 Å². The molecule has 4 nitrogen and oxygen atoms in total. The third-order valence-corrected chi connectivity index (χ3v) is 2.53. The summed E-state index contributed by atoms with van der Waals surface area (Å²) in [4.78, 5) is 22.4. The molecule has 0 heterocycles. The van der Waals surface area contributed by atoms with Crippen molar-refractivity contribution in [3.63, 3.8) is 0 Å². The summed E-state index contributed by atoms with van der Waals surface area (Å²) in [6.07, 6.45) is 0.541. The predicted octanol–water partition coefficient (Wildman–Crippen LogP) is 1.96.